The number of nitrogens with one attached hydrogen (secondary N) is 2. The monoisotopic (exact) mass is 289 g/mol. The van der Waals surface area contributed by atoms with Crippen LogP contribution in [0.4, 0.5) is 5.69 Å². The van der Waals surface area contributed by atoms with Crippen LogP contribution in [0.25, 0.3) is 11.3 Å². The molecule has 0 spiro atoms. The van der Waals surface area contributed by atoms with Gasteiger partial charge in [-0.05, 0) is 18.2 Å². The molecule has 0 saturated heterocycles. The Labute approximate surface area is 126 Å². The zero-order valence-corrected chi connectivity index (χ0v) is 11.4. The average molecular weight is 289 g/mol. The highest BCUT2D eigenvalue weighted by atomic mass is 16.2. The van der Waals surface area contributed by atoms with Crippen molar-refractivity contribution in [1.29, 1.82) is 5.26 Å². The molecule has 0 saturated carbocycles. The van der Waals surface area contributed by atoms with Gasteiger partial charge in [0.05, 0.1) is 11.6 Å². The summed E-state index contributed by atoms with van der Waals surface area (Å²) in [5, 5.41) is 22.0. The van der Waals surface area contributed by atoms with Crippen molar-refractivity contribution in [3.05, 3.63) is 65.9 Å². The molecule has 0 unspecified atom stereocenters. The molecule has 3 rings (SSSR count). The fourth-order valence-corrected chi connectivity index (χ4v) is 2.04. The molecule has 0 aliphatic heterocycles. The molecular formula is C16H11N5O. The first-order chi connectivity index (χ1) is 10.8. The number of carbonyl (C=O) groups is 1. The summed E-state index contributed by atoms with van der Waals surface area (Å²) >= 11 is 0. The summed E-state index contributed by atoms with van der Waals surface area (Å²) in [5.41, 5.74) is 2.49. The minimum absolute atomic E-state index is 0.202. The number of aromatic amines is 1. The van der Waals surface area contributed by atoms with Gasteiger partial charge in [-0.15, -0.1) is 0 Å². The van der Waals surface area contributed by atoms with Gasteiger partial charge in [0, 0.05) is 11.3 Å². The number of hydrogen-bond acceptors (Lipinski definition) is 4. The maximum absolute atomic E-state index is 12.4. The van der Waals surface area contributed by atoms with Crippen LogP contribution in [0.3, 0.4) is 0 Å². The molecule has 22 heavy (non-hydrogen) atoms. The van der Waals surface area contributed by atoms with Gasteiger partial charge < -0.3 is 5.32 Å². The van der Waals surface area contributed by atoms with Crippen LogP contribution in [0.1, 0.15) is 16.1 Å². The molecule has 0 atom stereocenters. The number of carbonyl (C=O) groups excluding carboxylic acids is 1. The predicted molar refractivity (Wildman–Crippen MR) is 80.9 cm³/mol. The SMILES string of the molecule is N#Cc1cccc(NC(=O)c2n[nH]nc2-c2ccccc2)c1. The van der Waals surface area contributed by atoms with Gasteiger partial charge in [-0.25, -0.2) is 0 Å². The lowest BCUT2D eigenvalue weighted by atomic mass is 10.1. The van der Waals surface area contributed by atoms with Gasteiger partial charge >= 0.3 is 0 Å². The van der Waals surface area contributed by atoms with Crippen molar-refractivity contribution >= 4 is 11.6 Å². The van der Waals surface area contributed by atoms with Gasteiger partial charge in [0.1, 0.15) is 5.69 Å². The van der Waals surface area contributed by atoms with Gasteiger partial charge in [-0.2, -0.15) is 20.7 Å². The number of hydrogen-bond donors (Lipinski definition) is 2. The van der Waals surface area contributed by atoms with E-state index in [4.69, 9.17) is 5.26 Å². The van der Waals surface area contributed by atoms with Crippen LogP contribution in [0.2, 0.25) is 0 Å². The molecule has 1 aromatic heterocycles. The molecule has 6 heteroatoms. The number of benzene rings is 2. The summed E-state index contributed by atoms with van der Waals surface area (Å²) in [6.45, 7) is 0. The van der Waals surface area contributed by atoms with E-state index in [1.54, 1.807) is 24.3 Å². The van der Waals surface area contributed by atoms with Crippen molar-refractivity contribution < 1.29 is 4.79 Å². The molecular weight excluding hydrogens is 278 g/mol. The molecule has 2 N–H and O–H groups in total. The van der Waals surface area contributed by atoms with E-state index in [2.05, 4.69) is 20.7 Å². The van der Waals surface area contributed by atoms with Gasteiger partial charge in [0.2, 0.25) is 0 Å². The minimum Gasteiger partial charge on any atom is -0.320 e. The Morgan fingerprint density at radius 2 is 1.91 bits per heavy atom. The van der Waals surface area contributed by atoms with E-state index in [0.717, 1.165) is 5.56 Å². The van der Waals surface area contributed by atoms with E-state index in [9.17, 15) is 4.79 Å². The van der Waals surface area contributed by atoms with Crippen molar-refractivity contribution in [1.82, 2.24) is 15.4 Å². The van der Waals surface area contributed by atoms with E-state index < -0.39 is 0 Å². The van der Waals surface area contributed by atoms with E-state index in [0.29, 0.717) is 16.9 Å². The third-order valence-corrected chi connectivity index (χ3v) is 3.06. The topological polar surface area (TPSA) is 94.5 Å². The van der Waals surface area contributed by atoms with Crippen LogP contribution in [0.15, 0.2) is 54.6 Å². The van der Waals surface area contributed by atoms with E-state index in [1.165, 1.54) is 0 Å². The van der Waals surface area contributed by atoms with Crippen molar-refractivity contribution in [3.8, 4) is 17.3 Å². The normalized spacial score (nSPS) is 9.95. The second kappa shape index (κ2) is 5.89. The van der Waals surface area contributed by atoms with Crippen LogP contribution < -0.4 is 5.32 Å². The maximum Gasteiger partial charge on any atom is 0.278 e. The maximum atomic E-state index is 12.4. The number of H-pyrrole nitrogens is 1. The van der Waals surface area contributed by atoms with Crippen LogP contribution in [0, 0.1) is 11.3 Å². The molecule has 2 aromatic carbocycles. The second-order valence-corrected chi connectivity index (χ2v) is 4.53. The number of rotatable bonds is 3. The number of anilines is 1. The zero-order valence-electron chi connectivity index (χ0n) is 11.4. The number of amides is 1. The molecule has 0 aliphatic rings. The number of nitrogens with zero attached hydrogens (tertiary/aromatic N) is 3. The standard InChI is InChI=1S/C16H11N5O/c17-10-11-5-4-8-13(9-11)18-16(22)15-14(19-21-20-15)12-6-2-1-3-7-12/h1-9H,(H,18,22)(H,19,20,21). The Kier molecular flexibility index (Phi) is 3.62. The fraction of sp³-hybridized carbons (Fsp3) is 0. The largest absolute Gasteiger partial charge is 0.320 e. The van der Waals surface area contributed by atoms with E-state index >= 15 is 0 Å². The van der Waals surface area contributed by atoms with Crippen molar-refractivity contribution in [2.24, 2.45) is 0 Å². The van der Waals surface area contributed by atoms with E-state index in [-0.39, 0.29) is 11.6 Å². The second-order valence-electron chi connectivity index (χ2n) is 4.53. The lowest BCUT2D eigenvalue weighted by Gasteiger charge is -2.04. The molecule has 0 fully saturated rings. The molecule has 3 aromatic rings. The molecule has 0 bridgehead atoms. The van der Waals surface area contributed by atoms with Crippen molar-refractivity contribution in [2.75, 3.05) is 5.32 Å². The first-order valence-corrected chi connectivity index (χ1v) is 6.55. The zero-order chi connectivity index (χ0) is 15.4. The number of nitriles is 1. The lowest BCUT2D eigenvalue weighted by Crippen LogP contribution is -2.13. The van der Waals surface area contributed by atoms with Crippen LogP contribution in [-0.2, 0) is 0 Å². The third-order valence-electron chi connectivity index (χ3n) is 3.06. The Morgan fingerprint density at radius 1 is 1.09 bits per heavy atom. The highest BCUT2D eigenvalue weighted by Gasteiger charge is 2.17. The lowest BCUT2D eigenvalue weighted by molar-refractivity contribution is 0.102. The smallest absolute Gasteiger partial charge is 0.278 e. The highest BCUT2D eigenvalue weighted by molar-refractivity contribution is 6.06. The summed E-state index contributed by atoms with van der Waals surface area (Å²) in [6, 6.07) is 18.0. The summed E-state index contributed by atoms with van der Waals surface area (Å²) in [5.74, 6) is -0.386. The Bertz CT molecular complexity index is 848. The van der Waals surface area contributed by atoms with Crippen molar-refractivity contribution in [2.45, 2.75) is 0 Å². The molecule has 1 amide bonds. The Hall–Kier alpha value is -3.46. The molecule has 0 aliphatic carbocycles. The van der Waals surface area contributed by atoms with Crippen LogP contribution in [-0.4, -0.2) is 21.3 Å². The molecule has 106 valence electrons. The summed E-state index contributed by atoms with van der Waals surface area (Å²) in [4.78, 5) is 12.4. The minimum atomic E-state index is -0.386. The first kappa shape index (κ1) is 13.5. The summed E-state index contributed by atoms with van der Waals surface area (Å²) < 4.78 is 0. The fourth-order valence-electron chi connectivity index (χ4n) is 2.04. The molecule has 1 heterocycles. The van der Waals surface area contributed by atoms with Crippen molar-refractivity contribution in [3.63, 3.8) is 0 Å². The van der Waals surface area contributed by atoms with Gasteiger partial charge in [0.25, 0.3) is 5.91 Å². The van der Waals surface area contributed by atoms with Gasteiger partial charge in [-0.3, -0.25) is 4.79 Å². The quantitative estimate of drug-likeness (QED) is 0.774. The first-order valence-electron chi connectivity index (χ1n) is 6.55. The van der Waals surface area contributed by atoms with Crippen LogP contribution >= 0.6 is 0 Å². The summed E-state index contributed by atoms with van der Waals surface area (Å²) in [6.07, 6.45) is 0. The summed E-state index contributed by atoms with van der Waals surface area (Å²) in [7, 11) is 0. The Morgan fingerprint density at radius 3 is 2.68 bits per heavy atom. The van der Waals surface area contributed by atoms with Gasteiger partial charge in [0.15, 0.2) is 5.69 Å². The predicted octanol–water partition coefficient (Wildman–Crippen LogP) is 2.60. The average Bonchev–Trinajstić information content (AvgIpc) is 3.05. The van der Waals surface area contributed by atoms with E-state index in [1.807, 2.05) is 36.4 Å². The van der Waals surface area contributed by atoms with Gasteiger partial charge in [-0.1, -0.05) is 36.4 Å². The third kappa shape index (κ3) is 2.69. The highest BCUT2D eigenvalue weighted by Crippen LogP contribution is 2.20. The molecule has 0 radical (unpaired) electrons. The Balaban J connectivity index is 1.88. The molecule has 6 nitrogen and oxygen atoms in total. The van der Waals surface area contributed by atoms with Crippen LogP contribution in [0.5, 0.6) is 0 Å². The number of aromatic nitrogens is 3.